The number of rotatable bonds is 5. The van der Waals surface area contributed by atoms with Gasteiger partial charge in [-0.1, -0.05) is 11.3 Å². The number of thiazole rings is 1. The fraction of sp³-hybridized carbons (Fsp3) is 0.714. The summed E-state index contributed by atoms with van der Waals surface area (Å²) in [5.74, 6) is 0. The summed E-state index contributed by atoms with van der Waals surface area (Å²) in [5.41, 5.74) is 2.01. The van der Waals surface area contributed by atoms with Gasteiger partial charge in [0.05, 0.1) is 16.5 Å². The highest BCUT2D eigenvalue weighted by atomic mass is 32.1. The fourth-order valence-corrected chi connectivity index (χ4v) is 3.76. The van der Waals surface area contributed by atoms with Gasteiger partial charge >= 0.3 is 0 Å². The summed E-state index contributed by atoms with van der Waals surface area (Å²) >= 11 is 1.68. The van der Waals surface area contributed by atoms with Gasteiger partial charge in [0, 0.05) is 26.7 Å². The number of nitrogens with zero attached hydrogens (tertiary/aromatic N) is 4. The fourth-order valence-electron chi connectivity index (χ4n) is 2.80. The van der Waals surface area contributed by atoms with Gasteiger partial charge in [-0.3, -0.25) is 0 Å². The van der Waals surface area contributed by atoms with Crippen LogP contribution >= 0.6 is 11.3 Å². The van der Waals surface area contributed by atoms with Gasteiger partial charge in [0.1, 0.15) is 0 Å². The van der Waals surface area contributed by atoms with Crippen molar-refractivity contribution in [2.75, 3.05) is 31.5 Å². The second kappa shape index (κ2) is 6.29. The van der Waals surface area contributed by atoms with Crippen LogP contribution in [0.4, 0.5) is 5.13 Å². The second-order valence-corrected chi connectivity index (χ2v) is 6.73. The number of piperidine rings is 1. The van der Waals surface area contributed by atoms with Crippen LogP contribution in [0, 0.1) is 6.92 Å². The van der Waals surface area contributed by atoms with Crippen LogP contribution in [0.2, 0.25) is 0 Å². The molecule has 1 aliphatic heterocycles. The monoisotopic (exact) mass is 309 g/mol. The third-order valence-electron chi connectivity index (χ3n) is 4.03. The molecule has 2 aromatic heterocycles. The topological polar surface area (TPSA) is 66.2 Å². The van der Waals surface area contributed by atoms with E-state index in [-0.39, 0.29) is 6.10 Å². The molecule has 0 radical (unpaired) electrons. The molecule has 116 valence electrons. The van der Waals surface area contributed by atoms with E-state index in [2.05, 4.69) is 20.3 Å². The molecule has 0 saturated carbocycles. The number of aromatic nitrogens is 3. The number of anilines is 1. The zero-order valence-electron chi connectivity index (χ0n) is 12.7. The van der Waals surface area contributed by atoms with Crippen LogP contribution in [-0.2, 0) is 7.05 Å². The first-order chi connectivity index (χ1) is 10.1. The lowest BCUT2D eigenvalue weighted by Gasteiger charge is -2.29. The molecule has 0 unspecified atom stereocenters. The Hall–Kier alpha value is -1.18. The van der Waals surface area contributed by atoms with E-state index in [9.17, 15) is 5.11 Å². The minimum Gasteiger partial charge on any atom is -0.393 e. The summed E-state index contributed by atoms with van der Waals surface area (Å²) in [6.45, 7) is 6.09. The van der Waals surface area contributed by atoms with Gasteiger partial charge in [-0.25, -0.2) is 9.67 Å². The largest absolute Gasteiger partial charge is 0.393 e. The van der Waals surface area contributed by atoms with E-state index in [0.717, 1.165) is 61.9 Å². The van der Waals surface area contributed by atoms with Crippen LogP contribution in [-0.4, -0.2) is 57.1 Å². The van der Waals surface area contributed by atoms with E-state index in [0.29, 0.717) is 0 Å². The molecule has 21 heavy (non-hydrogen) atoms. The van der Waals surface area contributed by atoms with Crippen molar-refractivity contribution in [2.45, 2.75) is 32.3 Å². The molecule has 0 aromatic carbocycles. The molecule has 1 saturated heterocycles. The number of hydrogen-bond donors (Lipinski definition) is 2. The molecule has 0 aliphatic carbocycles. The van der Waals surface area contributed by atoms with Crippen molar-refractivity contribution in [3.63, 3.8) is 0 Å². The summed E-state index contributed by atoms with van der Waals surface area (Å²) in [6, 6.07) is 0. The first-order valence-electron chi connectivity index (χ1n) is 7.58. The van der Waals surface area contributed by atoms with Crippen LogP contribution in [0.15, 0.2) is 0 Å². The molecule has 3 rings (SSSR count). The van der Waals surface area contributed by atoms with Crippen LogP contribution in [0.3, 0.4) is 0 Å². The van der Waals surface area contributed by atoms with Crippen LogP contribution in [0.5, 0.6) is 0 Å². The quantitative estimate of drug-likeness (QED) is 0.821. The molecule has 2 aromatic rings. The average Bonchev–Trinajstić information content (AvgIpc) is 2.99. The highest BCUT2D eigenvalue weighted by Gasteiger charge is 2.16. The number of nitrogens with one attached hydrogen (secondary N) is 1. The maximum atomic E-state index is 9.49. The molecular formula is C14H23N5OS. The summed E-state index contributed by atoms with van der Waals surface area (Å²) in [5, 5.41) is 18.2. The summed E-state index contributed by atoms with van der Waals surface area (Å²) in [6.07, 6.45) is 2.84. The van der Waals surface area contributed by atoms with Crippen molar-refractivity contribution in [3.05, 3.63) is 5.69 Å². The third-order valence-corrected chi connectivity index (χ3v) is 5.14. The lowest BCUT2D eigenvalue weighted by atomic mass is 10.1. The average molecular weight is 309 g/mol. The second-order valence-electron chi connectivity index (χ2n) is 5.73. The van der Waals surface area contributed by atoms with Crippen molar-refractivity contribution in [1.29, 1.82) is 0 Å². The maximum absolute atomic E-state index is 9.49. The molecule has 7 heteroatoms. The van der Waals surface area contributed by atoms with E-state index >= 15 is 0 Å². The molecule has 0 bridgehead atoms. The molecule has 0 spiro atoms. The zero-order chi connectivity index (χ0) is 14.8. The van der Waals surface area contributed by atoms with Crippen LogP contribution in [0.1, 0.15) is 25.0 Å². The predicted octanol–water partition coefficient (Wildman–Crippen LogP) is 1.60. The van der Waals surface area contributed by atoms with Crippen LogP contribution < -0.4 is 5.32 Å². The maximum Gasteiger partial charge on any atom is 0.185 e. The molecule has 1 fully saturated rings. The standard InChI is InChI=1S/C14H23N5OS/c1-10-12-13(18(2)17-10)16-14(21-12)15-6-3-7-19-8-4-11(20)5-9-19/h11,20H,3-9H2,1-2H3,(H,15,16). The Morgan fingerprint density at radius 2 is 2.14 bits per heavy atom. The zero-order valence-corrected chi connectivity index (χ0v) is 13.5. The Morgan fingerprint density at radius 3 is 2.86 bits per heavy atom. The van der Waals surface area contributed by atoms with E-state index in [1.54, 1.807) is 11.3 Å². The number of aliphatic hydroxyl groups is 1. The highest BCUT2D eigenvalue weighted by molar-refractivity contribution is 7.22. The van der Waals surface area contributed by atoms with Gasteiger partial charge in [-0.05, 0) is 32.7 Å². The highest BCUT2D eigenvalue weighted by Crippen LogP contribution is 2.27. The Balaban J connectivity index is 1.45. The Kier molecular flexibility index (Phi) is 4.42. The Bertz CT molecular complexity index is 565. The summed E-state index contributed by atoms with van der Waals surface area (Å²) < 4.78 is 3.01. The number of likely N-dealkylation sites (tertiary alicyclic amines) is 1. The van der Waals surface area contributed by atoms with Gasteiger partial charge in [0.15, 0.2) is 10.8 Å². The third kappa shape index (κ3) is 3.36. The van der Waals surface area contributed by atoms with Crippen molar-refractivity contribution in [1.82, 2.24) is 19.7 Å². The number of fused-ring (bicyclic) bond motifs is 1. The van der Waals surface area contributed by atoms with Crippen molar-refractivity contribution < 1.29 is 5.11 Å². The Labute approximate surface area is 128 Å². The SMILES string of the molecule is Cc1nn(C)c2nc(NCCCN3CCC(O)CC3)sc12. The van der Waals surface area contributed by atoms with Gasteiger partial charge in [-0.15, -0.1) is 0 Å². The first-order valence-corrected chi connectivity index (χ1v) is 8.39. The van der Waals surface area contributed by atoms with E-state index < -0.39 is 0 Å². The lowest BCUT2D eigenvalue weighted by molar-refractivity contribution is 0.0825. The smallest absolute Gasteiger partial charge is 0.185 e. The van der Waals surface area contributed by atoms with Crippen molar-refractivity contribution in [3.8, 4) is 0 Å². The van der Waals surface area contributed by atoms with Crippen molar-refractivity contribution >= 4 is 26.8 Å². The van der Waals surface area contributed by atoms with E-state index in [1.807, 2.05) is 18.7 Å². The minimum atomic E-state index is -0.0843. The minimum absolute atomic E-state index is 0.0843. The molecule has 3 heterocycles. The number of hydrogen-bond acceptors (Lipinski definition) is 6. The van der Waals surface area contributed by atoms with Gasteiger partial charge in [-0.2, -0.15) is 5.10 Å². The van der Waals surface area contributed by atoms with Gasteiger partial charge in [0.25, 0.3) is 0 Å². The number of aryl methyl sites for hydroxylation is 2. The summed E-state index contributed by atoms with van der Waals surface area (Å²) in [7, 11) is 1.93. The van der Waals surface area contributed by atoms with E-state index in [4.69, 9.17) is 0 Å². The van der Waals surface area contributed by atoms with Crippen LogP contribution in [0.25, 0.3) is 10.3 Å². The van der Waals surface area contributed by atoms with Gasteiger partial charge in [0.2, 0.25) is 0 Å². The molecule has 2 N–H and O–H groups in total. The van der Waals surface area contributed by atoms with Crippen molar-refractivity contribution in [2.24, 2.45) is 7.05 Å². The molecule has 6 nitrogen and oxygen atoms in total. The molecular weight excluding hydrogens is 286 g/mol. The van der Waals surface area contributed by atoms with E-state index in [1.165, 1.54) is 4.70 Å². The predicted molar refractivity (Wildman–Crippen MR) is 85.9 cm³/mol. The first kappa shape index (κ1) is 14.7. The Morgan fingerprint density at radius 1 is 1.38 bits per heavy atom. The van der Waals surface area contributed by atoms with Gasteiger partial charge < -0.3 is 15.3 Å². The molecule has 1 aliphatic rings. The number of aliphatic hydroxyl groups excluding tert-OH is 1. The lowest BCUT2D eigenvalue weighted by Crippen LogP contribution is -2.36. The normalized spacial score (nSPS) is 17.7. The molecule has 0 atom stereocenters. The molecule has 0 amide bonds. The summed E-state index contributed by atoms with van der Waals surface area (Å²) in [4.78, 5) is 7.02.